The van der Waals surface area contributed by atoms with Gasteiger partial charge in [0.05, 0.1) is 16.8 Å². The molecule has 0 radical (unpaired) electrons. The van der Waals surface area contributed by atoms with Crippen molar-refractivity contribution in [3.8, 4) is 6.07 Å². The molecule has 5 nitrogen and oxygen atoms in total. The molecule has 3 aromatic rings. The third-order valence-electron chi connectivity index (χ3n) is 3.82. The molecule has 6 heteroatoms. The Hall–Kier alpha value is -3.04. The fourth-order valence-electron chi connectivity index (χ4n) is 2.46. The SMILES string of the molecule is CN(C)c1ccc(NC(=O)CSc2nc3ccccc3cc2C#N)cc1. The van der Waals surface area contributed by atoms with E-state index in [4.69, 9.17) is 0 Å². The summed E-state index contributed by atoms with van der Waals surface area (Å²) in [6.45, 7) is 0. The quantitative estimate of drug-likeness (QED) is 0.697. The van der Waals surface area contributed by atoms with Crippen LogP contribution in [0.3, 0.4) is 0 Å². The van der Waals surface area contributed by atoms with Gasteiger partial charge in [-0.1, -0.05) is 30.0 Å². The van der Waals surface area contributed by atoms with Crippen molar-refractivity contribution < 1.29 is 4.79 Å². The van der Waals surface area contributed by atoms with E-state index in [-0.39, 0.29) is 11.7 Å². The van der Waals surface area contributed by atoms with Crippen LogP contribution in [0.2, 0.25) is 0 Å². The summed E-state index contributed by atoms with van der Waals surface area (Å²) in [4.78, 5) is 18.7. The molecule has 130 valence electrons. The Morgan fingerprint density at radius 3 is 2.62 bits per heavy atom. The van der Waals surface area contributed by atoms with Crippen molar-refractivity contribution in [2.75, 3.05) is 30.1 Å². The van der Waals surface area contributed by atoms with Gasteiger partial charge in [-0.2, -0.15) is 5.26 Å². The molecular formula is C20H18N4OS. The van der Waals surface area contributed by atoms with Crippen molar-refractivity contribution in [3.05, 3.63) is 60.2 Å². The minimum atomic E-state index is -0.133. The van der Waals surface area contributed by atoms with E-state index in [0.717, 1.165) is 22.3 Å². The standard InChI is InChI=1S/C20H18N4OS/c1-24(2)17-9-7-16(8-10-17)22-19(25)13-26-20-15(12-21)11-14-5-3-4-6-18(14)23-20/h3-11H,13H2,1-2H3,(H,22,25). The summed E-state index contributed by atoms with van der Waals surface area (Å²) in [5.74, 6) is 0.0570. The average Bonchev–Trinajstić information content (AvgIpc) is 2.66. The molecule has 1 aromatic heterocycles. The summed E-state index contributed by atoms with van der Waals surface area (Å²) < 4.78 is 0. The molecule has 2 aromatic carbocycles. The zero-order chi connectivity index (χ0) is 18.5. The lowest BCUT2D eigenvalue weighted by molar-refractivity contribution is -0.113. The maximum Gasteiger partial charge on any atom is 0.234 e. The number of nitriles is 1. The molecule has 1 amide bonds. The highest BCUT2D eigenvalue weighted by Gasteiger charge is 2.10. The second-order valence-corrected chi connectivity index (χ2v) is 6.89. The molecule has 0 fully saturated rings. The first kappa shape index (κ1) is 17.8. The molecule has 0 aliphatic carbocycles. The van der Waals surface area contributed by atoms with Gasteiger partial charge in [0, 0.05) is 30.9 Å². The molecular weight excluding hydrogens is 344 g/mol. The van der Waals surface area contributed by atoms with Crippen molar-refractivity contribution in [2.24, 2.45) is 0 Å². The van der Waals surface area contributed by atoms with Gasteiger partial charge < -0.3 is 10.2 Å². The molecule has 0 saturated carbocycles. The third-order valence-corrected chi connectivity index (χ3v) is 4.81. The molecule has 0 spiro atoms. The number of fused-ring (bicyclic) bond motifs is 1. The Morgan fingerprint density at radius 2 is 1.92 bits per heavy atom. The van der Waals surface area contributed by atoms with Crippen LogP contribution in [0.1, 0.15) is 5.56 Å². The summed E-state index contributed by atoms with van der Waals surface area (Å²) in [6, 6.07) is 19.2. The van der Waals surface area contributed by atoms with Crippen LogP contribution in [-0.2, 0) is 4.79 Å². The van der Waals surface area contributed by atoms with E-state index < -0.39 is 0 Å². The molecule has 0 saturated heterocycles. The molecule has 1 N–H and O–H groups in total. The summed E-state index contributed by atoms with van der Waals surface area (Å²) in [7, 11) is 3.93. The molecule has 0 unspecified atom stereocenters. The Bertz CT molecular complexity index is 977. The Balaban J connectivity index is 1.67. The van der Waals surface area contributed by atoms with Crippen molar-refractivity contribution in [1.29, 1.82) is 5.26 Å². The van der Waals surface area contributed by atoms with Gasteiger partial charge in [-0.3, -0.25) is 4.79 Å². The molecule has 26 heavy (non-hydrogen) atoms. The Morgan fingerprint density at radius 1 is 1.19 bits per heavy atom. The van der Waals surface area contributed by atoms with Crippen molar-refractivity contribution >= 4 is 39.9 Å². The number of benzene rings is 2. The summed E-state index contributed by atoms with van der Waals surface area (Å²) >= 11 is 1.27. The zero-order valence-electron chi connectivity index (χ0n) is 14.6. The predicted molar refractivity (Wildman–Crippen MR) is 107 cm³/mol. The van der Waals surface area contributed by atoms with E-state index in [1.54, 1.807) is 0 Å². The van der Waals surface area contributed by atoms with Crippen LogP contribution in [0.5, 0.6) is 0 Å². The Kier molecular flexibility index (Phi) is 5.40. The molecule has 3 rings (SSSR count). The molecule has 0 aliphatic rings. The van der Waals surface area contributed by atoms with Gasteiger partial charge in [-0.15, -0.1) is 0 Å². The highest BCUT2D eigenvalue weighted by atomic mass is 32.2. The minimum absolute atomic E-state index is 0.133. The van der Waals surface area contributed by atoms with Gasteiger partial charge >= 0.3 is 0 Å². The number of hydrogen-bond donors (Lipinski definition) is 1. The topological polar surface area (TPSA) is 69.0 Å². The van der Waals surface area contributed by atoms with Crippen molar-refractivity contribution in [3.63, 3.8) is 0 Å². The number of pyridine rings is 1. The third kappa shape index (κ3) is 4.13. The van der Waals surface area contributed by atoms with Gasteiger partial charge in [0.1, 0.15) is 11.1 Å². The second kappa shape index (κ2) is 7.89. The molecule has 0 aliphatic heterocycles. The van der Waals surface area contributed by atoms with Crippen LogP contribution in [-0.4, -0.2) is 30.7 Å². The molecule has 1 heterocycles. The monoisotopic (exact) mass is 362 g/mol. The van der Waals surface area contributed by atoms with Gasteiger partial charge in [0.25, 0.3) is 0 Å². The molecule has 0 bridgehead atoms. The first-order valence-corrected chi connectivity index (χ1v) is 9.05. The van der Waals surface area contributed by atoms with E-state index in [1.807, 2.05) is 73.6 Å². The van der Waals surface area contributed by atoms with Gasteiger partial charge in [0.2, 0.25) is 5.91 Å². The number of carbonyl (C=O) groups excluding carboxylic acids is 1. The maximum absolute atomic E-state index is 12.2. The Labute approximate surface area is 156 Å². The summed E-state index contributed by atoms with van der Waals surface area (Å²) in [6.07, 6.45) is 0. The number of aromatic nitrogens is 1. The fraction of sp³-hybridized carbons (Fsp3) is 0.150. The van der Waals surface area contributed by atoms with Crippen LogP contribution >= 0.6 is 11.8 Å². The predicted octanol–water partition coefficient (Wildman–Crippen LogP) is 3.90. The highest BCUT2D eigenvalue weighted by molar-refractivity contribution is 8.00. The fourth-order valence-corrected chi connectivity index (χ4v) is 3.23. The van der Waals surface area contributed by atoms with E-state index in [2.05, 4.69) is 16.4 Å². The number of para-hydroxylation sites is 1. The van der Waals surface area contributed by atoms with Crippen LogP contribution in [0.25, 0.3) is 10.9 Å². The maximum atomic E-state index is 12.2. The number of rotatable bonds is 5. The number of anilines is 2. The summed E-state index contributed by atoms with van der Waals surface area (Å²) in [5.41, 5.74) is 3.11. The number of thioether (sulfide) groups is 1. The van der Waals surface area contributed by atoms with E-state index in [9.17, 15) is 10.1 Å². The largest absolute Gasteiger partial charge is 0.378 e. The number of amides is 1. The van der Waals surface area contributed by atoms with E-state index >= 15 is 0 Å². The zero-order valence-corrected chi connectivity index (χ0v) is 15.4. The smallest absolute Gasteiger partial charge is 0.234 e. The molecule has 0 atom stereocenters. The van der Waals surface area contributed by atoms with Gasteiger partial charge in [-0.25, -0.2) is 4.98 Å². The first-order chi connectivity index (χ1) is 12.6. The summed E-state index contributed by atoms with van der Waals surface area (Å²) in [5, 5.41) is 13.7. The van der Waals surface area contributed by atoms with Crippen molar-refractivity contribution in [1.82, 2.24) is 4.98 Å². The number of hydrogen-bond acceptors (Lipinski definition) is 5. The van der Waals surface area contributed by atoms with Crippen LogP contribution < -0.4 is 10.2 Å². The second-order valence-electron chi connectivity index (χ2n) is 5.92. The number of carbonyl (C=O) groups is 1. The number of nitrogens with one attached hydrogen (secondary N) is 1. The van der Waals surface area contributed by atoms with E-state index in [1.165, 1.54) is 11.8 Å². The minimum Gasteiger partial charge on any atom is -0.378 e. The average molecular weight is 362 g/mol. The lowest BCUT2D eigenvalue weighted by Crippen LogP contribution is -2.14. The highest BCUT2D eigenvalue weighted by Crippen LogP contribution is 2.25. The van der Waals surface area contributed by atoms with Crippen LogP contribution in [0, 0.1) is 11.3 Å². The van der Waals surface area contributed by atoms with Crippen LogP contribution in [0.15, 0.2) is 59.6 Å². The normalized spacial score (nSPS) is 10.3. The van der Waals surface area contributed by atoms with Crippen molar-refractivity contribution in [2.45, 2.75) is 5.03 Å². The van der Waals surface area contributed by atoms with Crippen LogP contribution in [0.4, 0.5) is 11.4 Å². The van der Waals surface area contributed by atoms with E-state index in [0.29, 0.717) is 10.6 Å². The lowest BCUT2D eigenvalue weighted by Gasteiger charge is -2.13. The number of nitrogens with zero attached hydrogens (tertiary/aromatic N) is 3. The van der Waals surface area contributed by atoms with Gasteiger partial charge in [0.15, 0.2) is 0 Å². The first-order valence-electron chi connectivity index (χ1n) is 8.07. The van der Waals surface area contributed by atoms with Gasteiger partial charge in [-0.05, 0) is 36.4 Å². The lowest BCUT2D eigenvalue weighted by atomic mass is 10.2.